The molecule has 3 aromatic carbocycles. The Morgan fingerprint density at radius 1 is 1.00 bits per heavy atom. The quantitative estimate of drug-likeness (QED) is 0.630. The minimum atomic E-state index is -0.564. The lowest BCUT2D eigenvalue weighted by Gasteiger charge is -2.22. The number of amides is 1. The Kier molecular flexibility index (Phi) is 5.80. The molecular formula is C24H27NO2. The van der Waals surface area contributed by atoms with Crippen LogP contribution in [0.25, 0.3) is 10.8 Å². The molecule has 27 heavy (non-hydrogen) atoms. The summed E-state index contributed by atoms with van der Waals surface area (Å²) in [5, 5.41) is 5.39. The first kappa shape index (κ1) is 19.0. The van der Waals surface area contributed by atoms with Gasteiger partial charge in [-0.25, -0.2) is 0 Å². The van der Waals surface area contributed by atoms with E-state index in [1.807, 2.05) is 36.4 Å². The summed E-state index contributed by atoms with van der Waals surface area (Å²) in [4.78, 5) is 12.7. The fourth-order valence-corrected chi connectivity index (χ4v) is 3.40. The van der Waals surface area contributed by atoms with Crippen LogP contribution in [0.2, 0.25) is 0 Å². The van der Waals surface area contributed by atoms with E-state index in [4.69, 9.17) is 4.74 Å². The van der Waals surface area contributed by atoms with Gasteiger partial charge in [-0.1, -0.05) is 61.0 Å². The van der Waals surface area contributed by atoms with E-state index < -0.39 is 6.10 Å². The van der Waals surface area contributed by atoms with Crippen LogP contribution in [0.5, 0.6) is 5.75 Å². The van der Waals surface area contributed by atoms with Crippen molar-refractivity contribution in [2.75, 3.05) is 0 Å². The molecule has 2 atom stereocenters. The fourth-order valence-electron chi connectivity index (χ4n) is 3.40. The second-order valence-electron chi connectivity index (χ2n) is 7.10. The topological polar surface area (TPSA) is 38.3 Å². The molecule has 0 heterocycles. The monoisotopic (exact) mass is 361 g/mol. The van der Waals surface area contributed by atoms with Gasteiger partial charge in [-0.3, -0.25) is 4.79 Å². The number of ether oxygens (including phenoxy) is 1. The fraction of sp³-hybridized carbons (Fsp3) is 0.292. The Bertz CT molecular complexity index is 948. The smallest absolute Gasteiger partial charge is 0.261 e. The van der Waals surface area contributed by atoms with Crippen molar-refractivity contribution >= 4 is 16.7 Å². The van der Waals surface area contributed by atoms with Crippen molar-refractivity contribution in [2.24, 2.45) is 0 Å². The Hall–Kier alpha value is -2.81. The molecule has 3 rings (SSSR count). The third-order valence-corrected chi connectivity index (χ3v) is 4.93. The number of aryl methyl sites for hydroxylation is 2. The third kappa shape index (κ3) is 4.48. The standard InChI is InChI=1S/C24H27NO2/c1-5-23(22-13-10-16(2)14-17(22)3)25-24(26)18(4)27-21-12-11-19-8-6-7-9-20(19)15-21/h6-15,18,23H,5H2,1-4H3,(H,25,26)/t18-,23+/m1/s1. The van der Waals surface area contributed by atoms with E-state index in [1.165, 1.54) is 11.1 Å². The van der Waals surface area contributed by atoms with Gasteiger partial charge in [0.15, 0.2) is 6.10 Å². The molecule has 1 N–H and O–H groups in total. The van der Waals surface area contributed by atoms with Crippen LogP contribution in [0.4, 0.5) is 0 Å². The predicted molar refractivity (Wildman–Crippen MR) is 111 cm³/mol. The van der Waals surface area contributed by atoms with Crippen LogP contribution < -0.4 is 10.1 Å². The summed E-state index contributed by atoms with van der Waals surface area (Å²) in [6.07, 6.45) is 0.268. The molecule has 3 heteroatoms. The third-order valence-electron chi connectivity index (χ3n) is 4.93. The summed E-state index contributed by atoms with van der Waals surface area (Å²) >= 11 is 0. The lowest BCUT2D eigenvalue weighted by atomic mass is 9.97. The van der Waals surface area contributed by atoms with Gasteiger partial charge in [0, 0.05) is 0 Å². The van der Waals surface area contributed by atoms with Crippen molar-refractivity contribution in [1.29, 1.82) is 0 Å². The van der Waals surface area contributed by atoms with E-state index in [-0.39, 0.29) is 11.9 Å². The van der Waals surface area contributed by atoms with Crippen LogP contribution in [0, 0.1) is 13.8 Å². The Morgan fingerprint density at radius 3 is 2.44 bits per heavy atom. The van der Waals surface area contributed by atoms with Crippen molar-refractivity contribution in [1.82, 2.24) is 5.32 Å². The Morgan fingerprint density at radius 2 is 1.74 bits per heavy atom. The van der Waals surface area contributed by atoms with Crippen molar-refractivity contribution < 1.29 is 9.53 Å². The minimum Gasteiger partial charge on any atom is -0.481 e. The van der Waals surface area contributed by atoms with Gasteiger partial charge in [-0.2, -0.15) is 0 Å². The maximum Gasteiger partial charge on any atom is 0.261 e. The highest BCUT2D eigenvalue weighted by Crippen LogP contribution is 2.23. The summed E-state index contributed by atoms with van der Waals surface area (Å²) in [7, 11) is 0. The maximum absolute atomic E-state index is 12.7. The zero-order chi connectivity index (χ0) is 19.4. The summed E-state index contributed by atoms with van der Waals surface area (Å²) in [6.45, 7) is 8.04. The van der Waals surface area contributed by atoms with Crippen molar-refractivity contribution in [2.45, 2.75) is 46.3 Å². The van der Waals surface area contributed by atoms with Gasteiger partial charge in [-0.15, -0.1) is 0 Å². The molecule has 0 aromatic heterocycles. The summed E-state index contributed by atoms with van der Waals surface area (Å²) in [6, 6.07) is 20.3. The molecule has 0 bridgehead atoms. The number of fused-ring (bicyclic) bond motifs is 1. The van der Waals surface area contributed by atoms with Crippen LogP contribution in [0.15, 0.2) is 60.7 Å². The van der Waals surface area contributed by atoms with Gasteiger partial charge in [0.1, 0.15) is 5.75 Å². The highest BCUT2D eigenvalue weighted by atomic mass is 16.5. The van der Waals surface area contributed by atoms with Gasteiger partial charge in [0.25, 0.3) is 5.91 Å². The molecule has 0 radical (unpaired) electrons. The molecule has 0 spiro atoms. The van der Waals surface area contributed by atoms with E-state index >= 15 is 0 Å². The number of carbonyl (C=O) groups is 1. The molecular weight excluding hydrogens is 334 g/mol. The van der Waals surface area contributed by atoms with E-state index in [9.17, 15) is 4.79 Å². The van der Waals surface area contributed by atoms with Crippen LogP contribution in [0.3, 0.4) is 0 Å². The molecule has 3 nitrogen and oxygen atoms in total. The summed E-state index contributed by atoms with van der Waals surface area (Å²) in [5.41, 5.74) is 3.59. The molecule has 140 valence electrons. The predicted octanol–water partition coefficient (Wildman–Crippen LogP) is 5.49. The summed E-state index contributed by atoms with van der Waals surface area (Å²) < 4.78 is 5.90. The molecule has 1 amide bonds. The van der Waals surface area contributed by atoms with E-state index in [2.05, 4.69) is 50.4 Å². The van der Waals surface area contributed by atoms with Crippen molar-refractivity contribution in [3.63, 3.8) is 0 Å². The highest BCUT2D eigenvalue weighted by Gasteiger charge is 2.20. The number of hydrogen-bond acceptors (Lipinski definition) is 2. The molecule has 3 aromatic rings. The van der Waals surface area contributed by atoms with Crippen molar-refractivity contribution in [3.05, 3.63) is 77.4 Å². The molecule has 0 aliphatic heterocycles. The second kappa shape index (κ2) is 8.26. The van der Waals surface area contributed by atoms with Crippen molar-refractivity contribution in [3.8, 4) is 5.75 Å². The molecule has 0 unspecified atom stereocenters. The Balaban J connectivity index is 1.69. The van der Waals surface area contributed by atoms with Gasteiger partial charge in [0.05, 0.1) is 6.04 Å². The number of benzene rings is 3. The first-order chi connectivity index (χ1) is 13.0. The first-order valence-corrected chi connectivity index (χ1v) is 9.51. The van der Waals surface area contributed by atoms with Crippen LogP contribution >= 0.6 is 0 Å². The Labute approximate surface area is 161 Å². The zero-order valence-corrected chi connectivity index (χ0v) is 16.5. The molecule has 0 fully saturated rings. The average molecular weight is 361 g/mol. The number of rotatable bonds is 6. The molecule has 0 aliphatic carbocycles. The molecule has 0 saturated carbocycles. The molecule has 0 saturated heterocycles. The second-order valence-corrected chi connectivity index (χ2v) is 7.10. The highest BCUT2D eigenvalue weighted by molar-refractivity contribution is 5.84. The number of nitrogens with one attached hydrogen (secondary N) is 1. The number of carbonyl (C=O) groups excluding carboxylic acids is 1. The minimum absolute atomic E-state index is 0.0132. The number of hydrogen-bond donors (Lipinski definition) is 1. The van der Waals surface area contributed by atoms with E-state index in [0.717, 1.165) is 22.8 Å². The normalized spacial score (nSPS) is 13.2. The van der Waals surface area contributed by atoms with Gasteiger partial charge < -0.3 is 10.1 Å². The van der Waals surface area contributed by atoms with Gasteiger partial charge in [0.2, 0.25) is 0 Å². The van der Waals surface area contributed by atoms with Gasteiger partial charge in [-0.05, 0) is 61.2 Å². The van der Waals surface area contributed by atoms with Gasteiger partial charge >= 0.3 is 0 Å². The largest absolute Gasteiger partial charge is 0.481 e. The van der Waals surface area contributed by atoms with E-state index in [0.29, 0.717) is 5.75 Å². The SMILES string of the molecule is CC[C@H](NC(=O)[C@@H](C)Oc1ccc2ccccc2c1)c1ccc(C)cc1C. The lowest BCUT2D eigenvalue weighted by Crippen LogP contribution is -2.38. The van der Waals surface area contributed by atoms with Crippen LogP contribution in [0.1, 0.15) is 43.0 Å². The lowest BCUT2D eigenvalue weighted by molar-refractivity contribution is -0.128. The average Bonchev–Trinajstić information content (AvgIpc) is 2.66. The molecule has 0 aliphatic rings. The zero-order valence-electron chi connectivity index (χ0n) is 16.5. The van der Waals surface area contributed by atoms with Crippen LogP contribution in [-0.2, 0) is 4.79 Å². The van der Waals surface area contributed by atoms with E-state index in [1.54, 1.807) is 6.92 Å². The summed E-state index contributed by atoms with van der Waals surface area (Å²) in [5.74, 6) is 0.603. The van der Waals surface area contributed by atoms with Crippen LogP contribution in [-0.4, -0.2) is 12.0 Å². The maximum atomic E-state index is 12.7. The first-order valence-electron chi connectivity index (χ1n) is 9.51.